The molecule has 0 bridgehead atoms. The highest BCUT2D eigenvalue weighted by Gasteiger charge is 2.12. The average molecular weight is 272 g/mol. The lowest BCUT2D eigenvalue weighted by atomic mass is 9.87. The SMILES string of the molecule is Cc1cc(OCc2ccc(C(C)(C)C)cc2)ccc1F. The summed E-state index contributed by atoms with van der Waals surface area (Å²) in [5.41, 5.74) is 3.18. The average Bonchev–Trinajstić information content (AvgIpc) is 2.40. The summed E-state index contributed by atoms with van der Waals surface area (Å²) in [6, 6.07) is 13.2. The first kappa shape index (κ1) is 14.6. The van der Waals surface area contributed by atoms with Gasteiger partial charge in [0.15, 0.2) is 0 Å². The smallest absolute Gasteiger partial charge is 0.126 e. The van der Waals surface area contributed by atoms with E-state index >= 15 is 0 Å². The van der Waals surface area contributed by atoms with Crippen LogP contribution in [-0.2, 0) is 12.0 Å². The predicted molar refractivity (Wildman–Crippen MR) is 80.6 cm³/mol. The Labute approximate surface area is 120 Å². The minimum atomic E-state index is -0.202. The van der Waals surface area contributed by atoms with Crippen LogP contribution in [0.2, 0.25) is 0 Å². The molecule has 0 unspecified atom stereocenters. The standard InChI is InChI=1S/C18H21FO/c1-13-11-16(9-10-17(13)19)20-12-14-5-7-15(8-6-14)18(2,3)4/h5-11H,12H2,1-4H3. The Morgan fingerprint density at radius 2 is 1.65 bits per heavy atom. The molecule has 2 rings (SSSR count). The Balaban J connectivity index is 2.02. The molecule has 0 aliphatic heterocycles. The summed E-state index contributed by atoms with van der Waals surface area (Å²) in [5.74, 6) is 0.496. The molecule has 1 nitrogen and oxygen atoms in total. The number of rotatable bonds is 3. The Kier molecular flexibility index (Phi) is 4.12. The second kappa shape index (κ2) is 5.66. The van der Waals surface area contributed by atoms with Crippen LogP contribution in [0, 0.1) is 12.7 Å². The maximum atomic E-state index is 13.2. The summed E-state index contributed by atoms with van der Waals surface area (Å²) in [4.78, 5) is 0. The minimum absolute atomic E-state index is 0.160. The zero-order valence-corrected chi connectivity index (χ0v) is 12.5. The highest BCUT2D eigenvalue weighted by molar-refractivity contribution is 5.30. The first-order valence-corrected chi connectivity index (χ1v) is 6.84. The largest absolute Gasteiger partial charge is 0.489 e. The maximum absolute atomic E-state index is 13.2. The Morgan fingerprint density at radius 1 is 1.00 bits per heavy atom. The predicted octanol–water partition coefficient (Wildman–Crippen LogP) is 5.01. The summed E-state index contributed by atoms with van der Waals surface area (Å²) in [5, 5.41) is 0. The summed E-state index contributed by atoms with van der Waals surface area (Å²) in [6.07, 6.45) is 0. The number of aryl methyl sites for hydroxylation is 1. The first-order chi connectivity index (χ1) is 9.36. The Hall–Kier alpha value is -1.83. The van der Waals surface area contributed by atoms with Crippen molar-refractivity contribution in [2.45, 2.75) is 39.7 Å². The van der Waals surface area contributed by atoms with Crippen molar-refractivity contribution < 1.29 is 9.13 Å². The van der Waals surface area contributed by atoms with E-state index in [1.807, 2.05) is 0 Å². The van der Waals surface area contributed by atoms with Gasteiger partial charge >= 0.3 is 0 Å². The quantitative estimate of drug-likeness (QED) is 0.763. The summed E-state index contributed by atoms with van der Waals surface area (Å²) in [7, 11) is 0. The van der Waals surface area contributed by atoms with Gasteiger partial charge in [0, 0.05) is 0 Å². The molecule has 0 aliphatic carbocycles. The van der Waals surface area contributed by atoms with Gasteiger partial charge in [-0.05, 0) is 47.2 Å². The molecular formula is C18H21FO. The van der Waals surface area contributed by atoms with Crippen molar-refractivity contribution >= 4 is 0 Å². The second-order valence-corrected chi connectivity index (χ2v) is 6.15. The van der Waals surface area contributed by atoms with Crippen molar-refractivity contribution in [2.75, 3.05) is 0 Å². The van der Waals surface area contributed by atoms with E-state index in [9.17, 15) is 4.39 Å². The van der Waals surface area contributed by atoms with Crippen molar-refractivity contribution in [3.63, 3.8) is 0 Å². The summed E-state index contributed by atoms with van der Waals surface area (Å²) < 4.78 is 18.8. The fourth-order valence-electron chi connectivity index (χ4n) is 1.97. The van der Waals surface area contributed by atoms with Gasteiger partial charge in [0.25, 0.3) is 0 Å². The van der Waals surface area contributed by atoms with E-state index in [0.717, 1.165) is 5.56 Å². The molecule has 0 radical (unpaired) electrons. The van der Waals surface area contributed by atoms with Gasteiger partial charge in [-0.25, -0.2) is 4.39 Å². The lowest BCUT2D eigenvalue weighted by Gasteiger charge is -2.19. The number of halogens is 1. The Morgan fingerprint density at radius 3 is 2.20 bits per heavy atom. The highest BCUT2D eigenvalue weighted by Crippen LogP contribution is 2.23. The van der Waals surface area contributed by atoms with E-state index in [0.29, 0.717) is 17.9 Å². The van der Waals surface area contributed by atoms with Gasteiger partial charge in [0.05, 0.1) is 0 Å². The van der Waals surface area contributed by atoms with Gasteiger partial charge in [-0.1, -0.05) is 45.0 Å². The van der Waals surface area contributed by atoms with Gasteiger partial charge in [-0.2, -0.15) is 0 Å². The van der Waals surface area contributed by atoms with Gasteiger partial charge < -0.3 is 4.74 Å². The third kappa shape index (κ3) is 3.60. The molecule has 2 heteroatoms. The van der Waals surface area contributed by atoms with Crippen LogP contribution in [0.5, 0.6) is 5.75 Å². The van der Waals surface area contributed by atoms with E-state index in [2.05, 4.69) is 45.0 Å². The molecular weight excluding hydrogens is 251 g/mol. The molecule has 0 spiro atoms. The van der Waals surface area contributed by atoms with Crippen molar-refractivity contribution in [1.82, 2.24) is 0 Å². The molecule has 0 fully saturated rings. The molecule has 20 heavy (non-hydrogen) atoms. The lowest BCUT2D eigenvalue weighted by Crippen LogP contribution is -2.10. The van der Waals surface area contributed by atoms with Crippen molar-refractivity contribution in [3.05, 3.63) is 65.0 Å². The van der Waals surface area contributed by atoms with Crippen LogP contribution in [0.3, 0.4) is 0 Å². The van der Waals surface area contributed by atoms with E-state index < -0.39 is 0 Å². The zero-order valence-electron chi connectivity index (χ0n) is 12.5. The third-order valence-corrected chi connectivity index (χ3v) is 3.35. The van der Waals surface area contributed by atoms with E-state index in [4.69, 9.17) is 4.74 Å². The monoisotopic (exact) mass is 272 g/mol. The van der Waals surface area contributed by atoms with Crippen molar-refractivity contribution in [1.29, 1.82) is 0 Å². The topological polar surface area (TPSA) is 9.23 Å². The number of benzene rings is 2. The van der Waals surface area contributed by atoms with Crippen LogP contribution in [0.15, 0.2) is 42.5 Å². The van der Waals surface area contributed by atoms with Crippen LogP contribution in [0.25, 0.3) is 0 Å². The number of hydrogen-bond donors (Lipinski definition) is 0. The zero-order chi connectivity index (χ0) is 14.8. The minimum Gasteiger partial charge on any atom is -0.489 e. The lowest BCUT2D eigenvalue weighted by molar-refractivity contribution is 0.305. The molecule has 0 amide bonds. The first-order valence-electron chi connectivity index (χ1n) is 6.84. The number of hydrogen-bond acceptors (Lipinski definition) is 1. The van der Waals surface area contributed by atoms with Gasteiger partial charge in [0.1, 0.15) is 18.2 Å². The van der Waals surface area contributed by atoms with Gasteiger partial charge in [-0.15, -0.1) is 0 Å². The van der Waals surface area contributed by atoms with Crippen molar-refractivity contribution in [2.24, 2.45) is 0 Å². The molecule has 0 heterocycles. The van der Waals surface area contributed by atoms with Gasteiger partial charge in [0.2, 0.25) is 0 Å². The fourth-order valence-corrected chi connectivity index (χ4v) is 1.97. The van der Waals surface area contributed by atoms with E-state index in [-0.39, 0.29) is 11.2 Å². The van der Waals surface area contributed by atoms with Crippen LogP contribution >= 0.6 is 0 Å². The highest BCUT2D eigenvalue weighted by atomic mass is 19.1. The van der Waals surface area contributed by atoms with Crippen LogP contribution in [-0.4, -0.2) is 0 Å². The normalized spacial score (nSPS) is 11.4. The maximum Gasteiger partial charge on any atom is 0.126 e. The van der Waals surface area contributed by atoms with Crippen LogP contribution < -0.4 is 4.74 Å². The molecule has 0 saturated carbocycles. The molecule has 2 aromatic rings. The summed E-state index contributed by atoms with van der Waals surface area (Å²) in [6.45, 7) is 8.81. The molecule has 0 aromatic heterocycles. The molecule has 106 valence electrons. The fraction of sp³-hybridized carbons (Fsp3) is 0.333. The third-order valence-electron chi connectivity index (χ3n) is 3.35. The van der Waals surface area contributed by atoms with E-state index in [1.165, 1.54) is 11.6 Å². The molecule has 2 aromatic carbocycles. The van der Waals surface area contributed by atoms with E-state index in [1.54, 1.807) is 19.1 Å². The molecule has 0 N–H and O–H groups in total. The number of ether oxygens (including phenoxy) is 1. The summed E-state index contributed by atoms with van der Waals surface area (Å²) >= 11 is 0. The second-order valence-electron chi connectivity index (χ2n) is 6.15. The Bertz CT molecular complexity index is 579. The molecule has 0 atom stereocenters. The van der Waals surface area contributed by atoms with Crippen LogP contribution in [0.4, 0.5) is 4.39 Å². The molecule has 0 aliphatic rings. The van der Waals surface area contributed by atoms with Crippen molar-refractivity contribution in [3.8, 4) is 5.75 Å². The van der Waals surface area contributed by atoms with Crippen LogP contribution in [0.1, 0.15) is 37.5 Å². The van der Waals surface area contributed by atoms with Gasteiger partial charge in [-0.3, -0.25) is 0 Å². The molecule has 0 saturated heterocycles.